The molecule has 0 N–H and O–H groups in total. The highest BCUT2D eigenvalue weighted by Gasteiger charge is 2.28. The molecule has 0 aliphatic rings. The summed E-state index contributed by atoms with van der Waals surface area (Å²) in [5, 5.41) is 11.3. The summed E-state index contributed by atoms with van der Waals surface area (Å²) in [6.45, 7) is 9.22. The first-order valence-corrected chi connectivity index (χ1v) is 15.3. The van der Waals surface area contributed by atoms with Gasteiger partial charge in [-0.2, -0.15) is 4.31 Å². The average molecular weight is 601 g/mol. The molecular formula is C31H39ClN3O5S+. The summed E-state index contributed by atoms with van der Waals surface area (Å²) in [4.78, 5) is 23.6. The smallest absolute Gasteiger partial charge is 0.289 e. The first-order chi connectivity index (χ1) is 19.1. The molecule has 0 radical (unpaired) electrons. The predicted molar refractivity (Wildman–Crippen MR) is 163 cm³/mol. The van der Waals surface area contributed by atoms with Gasteiger partial charge >= 0.3 is 0 Å². The number of Topliss-reactive ketones (excluding diaryl/α,β-unsaturated/α-hetero) is 1. The number of aryl methyl sites for hydroxylation is 4. The largest absolute Gasteiger partial charge is 0.322 e. The Kier molecular flexibility index (Phi) is 10.5. The standard InChI is InChI=1S/C31H39ClN3O5S/c1-22-9-11-28(25(4)16-22)31(36)21-35(5,6)14-8-7-13-33(20-26-17-23(2)15-24(3)18-26)41(39,40)27-10-12-29(32)30(19-27)34(37)38/h9-12,15-19H,7-8,13-14,20-21H2,1-6H3/q+1. The average Bonchev–Trinajstić information content (AvgIpc) is 2.84. The Labute approximate surface area is 248 Å². The summed E-state index contributed by atoms with van der Waals surface area (Å²) >= 11 is 5.95. The number of rotatable bonds is 13. The first kappa shape index (κ1) is 32.4. The van der Waals surface area contributed by atoms with E-state index >= 15 is 0 Å². The van der Waals surface area contributed by atoms with Gasteiger partial charge in [-0.25, -0.2) is 8.42 Å². The second-order valence-corrected chi connectivity index (χ2v) is 13.8. The zero-order valence-corrected chi connectivity index (χ0v) is 26.2. The number of benzene rings is 3. The molecule has 0 aromatic heterocycles. The van der Waals surface area contributed by atoms with Crippen LogP contribution in [0.4, 0.5) is 5.69 Å². The second-order valence-electron chi connectivity index (χ2n) is 11.5. The predicted octanol–water partition coefficient (Wildman–Crippen LogP) is 6.41. The van der Waals surface area contributed by atoms with E-state index in [1.54, 1.807) is 0 Å². The fourth-order valence-corrected chi connectivity index (χ4v) is 6.77. The fraction of sp³-hybridized carbons (Fsp3) is 0.387. The Morgan fingerprint density at radius 2 is 1.59 bits per heavy atom. The highest BCUT2D eigenvalue weighted by atomic mass is 35.5. The van der Waals surface area contributed by atoms with E-state index < -0.39 is 20.6 Å². The molecule has 0 aliphatic heterocycles. The van der Waals surface area contributed by atoms with Crippen LogP contribution in [0, 0.1) is 37.8 Å². The van der Waals surface area contributed by atoms with Crippen LogP contribution < -0.4 is 0 Å². The number of nitro benzene ring substituents is 1. The van der Waals surface area contributed by atoms with Crippen LogP contribution in [0.15, 0.2) is 59.5 Å². The Balaban J connectivity index is 1.76. The molecule has 8 nitrogen and oxygen atoms in total. The number of quaternary nitrogens is 1. The molecule has 0 fully saturated rings. The molecule has 0 saturated heterocycles. The maximum Gasteiger partial charge on any atom is 0.289 e. The molecule has 0 bridgehead atoms. The van der Waals surface area contributed by atoms with Gasteiger partial charge in [-0.1, -0.05) is 64.7 Å². The first-order valence-electron chi connectivity index (χ1n) is 13.5. The topological polar surface area (TPSA) is 97.6 Å². The van der Waals surface area contributed by atoms with Gasteiger partial charge in [0.2, 0.25) is 15.8 Å². The molecule has 3 aromatic carbocycles. The highest BCUT2D eigenvalue weighted by Crippen LogP contribution is 2.29. The van der Waals surface area contributed by atoms with Crippen LogP contribution in [0.3, 0.4) is 0 Å². The third kappa shape index (κ3) is 8.69. The molecule has 41 heavy (non-hydrogen) atoms. The molecule has 0 aliphatic carbocycles. The van der Waals surface area contributed by atoms with Crippen LogP contribution >= 0.6 is 11.6 Å². The summed E-state index contributed by atoms with van der Waals surface area (Å²) in [7, 11) is -0.0694. The number of nitrogens with zero attached hydrogens (tertiary/aromatic N) is 3. The van der Waals surface area contributed by atoms with Crippen molar-refractivity contribution in [1.82, 2.24) is 4.31 Å². The van der Waals surface area contributed by atoms with Crippen LogP contribution in [-0.4, -0.2) is 61.6 Å². The van der Waals surface area contributed by atoms with E-state index in [0.717, 1.165) is 39.4 Å². The quantitative estimate of drug-likeness (QED) is 0.0742. The fourth-order valence-electron chi connectivity index (χ4n) is 5.10. The number of carbonyl (C=O) groups is 1. The minimum Gasteiger partial charge on any atom is -0.322 e. The van der Waals surface area contributed by atoms with Gasteiger partial charge in [-0.3, -0.25) is 14.9 Å². The van der Waals surface area contributed by atoms with Crippen molar-refractivity contribution in [2.45, 2.75) is 52.0 Å². The van der Waals surface area contributed by atoms with Crippen LogP contribution in [0.25, 0.3) is 0 Å². The van der Waals surface area contributed by atoms with Crippen molar-refractivity contribution >= 4 is 33.1 Å². The monoisotopic (exact) mass is 600 g/mol. The van der Waals surface area contributed by atoms with Gasteiger partial charge in [0.05, 0.1) is 30.5 Å². The van der Waals surface area contributed by atoms with E-state index in [1.165, 1.54) is 16.4 Å². The molecule has 0 heterocycles. The highest BCUT2D eigenvalue weighted by molar-refractivity contribution is 7.89. The number of halogens is 1. The maximum atomic E-state index is 13.8. The summed E-state index contributed by atoms with van der Waals surface area (Å²) in [6, 6.07) is 15.3. The van der Waals surface area contributed by atoms with Gasteiger partial charge < -0.3 is 4.48 Å². The summed E-state index contributed by atoms with van der Waals surface area (Å²) in [6.07, 6.45) is 1.24. The lowest BCUT2D eigenvalue weighted by Gasteiger charge is -2.30. The Morgan fingerprint density at radius 3 is 2.20 bits per heavy atom. The van der Waals surface area contributed by atoms with E-state index in [0.29, 0.717) is 30.4 Å². The third-order valence-electron chi connectivity index (χ3n) is 7.07. The van der Waals surface area contributed by atoms with E-state index in [4.69, 9.17) is 11.6 Å². The zero-order chi connectivity index (χ0) is 30.5. The van der Waals surface area contributed by atoms with E-state index in [9.17, 15) is 23.3 Å². The third-order valence-corrected chi connectivity index (χ3v) is 9.23. The Hall–Kier alpha value is -3.11. The molecule has 10 heteroatoms. The van der Waals surface area contributed by atoms with Gasteiger partial charge in [0.25, 0.3) is 5.69 Å². The second kappa shape index (κ2) is 13.2. The number of nitro groups is 1. The molecule has 0 saturated carbocycles. The number of ketones is 1. The lowest BCUT2D eigenvalue weighted by molar-refractivity contribution is -0.882. The molecule has 0 unspecified atom stereocenters. The summed E-state index contributed by atoms with van der Waals surface area (Å²) in [5.74, 6) is 0.0795. The van der Waals surface area contributed by atoms with Crippen molar-refractivity contribution < 1.29 is 22.6 Å². The van der Waals surface area contributed by atoms with Crippen molar-refractivity contribution in [3.05, 3.63) is 103 Å². The van der Waals surface area contributed by atoms with Gasteiger partial charge in [0.1, 0.15) is 11.6 Å². The minimum absolute atomic E-state index is 0.0795. The van der Waals surface area contributed by atoms with Gasteiger partial charge in [-0.05, 0) is 63.8 Å². The Morgan fingerprint density at radius 1 is 0.927 bits per heavy atom. The lowest BCUT2D eigenvalue weighted by Crippen LogP contribution is -2.45. The van der Waals surface area contributed by atoms with Crippen LogP contribution in [-0.2, 0) is 16.6 Å². The van der Waals surface area contributed by atoms with Crippen molar-refractivity contribution in [1.29, 1.82) is 0 Å². The van der Waals surface area contributed by atoms with Crippen molar-refractivity contribution in [2.24, 2.45) is 0 Å². The summed E-state index contributed by atoms with van der Waals surface area (Å²) in [5.41, 5.74) is 5.23. The van der Waals surface area contributed by atoms with Crippen molar-refractivity contribution in [3.63, 3.8) is 0 Å². The maximum absolute atomic E-state index is 13.8. The van der Waals surface area contributed by atoms with Gasteiger partial charge in [-0.15, -0.1) is 0 Å². The van der Waals surface area contributed by atoms with E-state index in [-0.39, 0.29) is 28.8 Å². The van der Waals surface area contributed by atoms with Crippen LogP contribution in [0.5, 0.6) is 0 Å². The molecule has 220 valence electrons. The van der Waals surface area contributed by atoms with E-state index in [2.05, 4.69) is 0 Å². The van der Waals surface area contributed by atoms with Crippen molar-refractivity contribution in [2.75, 3.05) is 33.7 Å². The number of hydrogen-bond donors (Lipinski definition) is 0. The number of likely N-dealkylation sites (N-methyl/N-ethyl adjacent to an activating group) is 1. The zero-order valence-electron chi connectivity index (χ0n) is 24.6. The van der Waals surface area contributed by atoms with Crippen LogP contribution in [0.2, 0.25) is 5.02 Å². The molecule has 3 aromatic rings. The van der Waals surface area contributed by atoms with E-state index in [1.807, 2.05) is 78.2 Å². The van der Waals surface area contributed by atoms with Gasteiger partial charge in [0.15, 0.2) is 0 Å². The number of unbranched alkanes of at least 4 members (excludes halogenated alkanes) is 1. The normalized spacial score (nSPS) is 12.1. The van der Waals surface area contributed by atoms with Gasteiger partial charge in [0, 0.05) is 24.7 Å². The number of hydrogen-bond acceptors (Lipinski definition) is 5. The molecular weight excluding hydrogens is 562 g/mol. The number of carbonyl (C=O) groups excluding carboxylic acids is 1. The molecule has 0 spiro atoms. The van der Waals surface area contributed by atoms with Crippen LogP contribution in [0.1, 0.15) is 51.0 Å². The Bertz CT molecular complexity index is 1530. The molecule has 0 atom stereocenters. The minimum atomic E-state index is -4.07. The number of sulfonamides is 1. The lowest BCUT2D eigenvalue weighted by atomic mass is 10.0. The molecule has 0 amide bonds. The summed E-state index contributed by atoms with van der Waals surface area (Å²) < 4.78 is 29.3. The molecule has 3 rings (SSSR count). The SMILES string of the molecule is Cc1cc(C)cc(CN(CCCC[N+](C)(C)CC(=O)c2ccc(C)cc2C)S(=O)(=O)c2ccc(Cl)c([N+](=O)[O-])c2)c1. The van der Waals surface area contributed by atoms with Crippen molar-refractivity contribution in [3.8, 4) is 0 Å².